The number of fused-ring (bicyclic) bond motifs is 1. The van der Waals surface area contributed by atoms with E-state index in [-0.39, 0.29) is 0 Å². The third kappa shape index (κ3) is 2.55. The number of rotatable bonds is 5. The molecular formula is C17H20O. The van der Waals surface area contributed by atoms with Crippen LogP contribution in [0.3, 0.4) is 0 Å². The monoisotopic (exact) mass is 240 g/mol. The molecule has 0 spiro atoms. The summed E-state index contributed by atoms with van der Waals surface area (Å²) in [6, 6.07) is 10.7. The summed E-state index contributed by atoms with van der Waals surface area (Å²) >= 11 is 0. The molecule has 1 nitrogen and oxygen atoms in total. The first-order chi connectivity index (χ1) is 8.84. The lowest BCUT2D eigenvalue weighted by molar-refractivity contribution is -0.118. The zero-order valence-corrected chi connectivity index (χ0v) is 10.7. The molecule has 0 radical (unpaired) electrons. The van der Waals surface area contributed by atoms with Crippen LogP contribution in [0, 0.1) is 17.8 Å². The predicted molar refractivity (Wildman–Crippen MR) is 73.2 cm³/mol. The van der Waals surface area contributed by atoms with E-state index in [1.165, 1.54) is 24.8 Å². The number of unbranched alkanes of at least 4 members (excludes halogenated alkanes) is 1. The second kappa shape index (κ2) is 5.09. The van der Waals surface area contributed by atoms with Crippen LogP contribution < -0.4 is 0 Å². The van der Waals surface area contributed by atoms with Crippen molar-refractivity contribution in [2.75, 3.05) is 0 Å². The van der Waals surface area contributed by atoms with Gasteiger partial charge >= 0.3 is 0 Å². The Hall–Kier alpha value is -1.37. The molecular weight excluding hydrogens is 220 g/mol. The maximum atomic E-state index is 11.1. The largest absolute Gasteiger partial charge is 0.300 e. The summed E-state index contributed by atoms with van der Waals surface area (Å²) in [6.45, 7) is 0. The van der Waals surface area contributed by atoms with Crippen molar-refractivity contribution >= 4 is 5.78 Å². The molecule has 2 atom stereocenters. The van der Waals surface area contributed by atoms with Crippen molar-refractivity contribution in [3.05, 3.63) is 48.0 Å². The molecule has 0 amide bonds. The molecule has 18 heavy (non-hydrogen) atoms. The summed E-state index contributed by atoms with van der Waals surface area (Å²) in [5, 5.41) is 0. The normalized spacial score (nSPS) is 29.8. The third-order valence-corrected chi connectivity index (χ3v) is 4.36. The van der Waals surface area contributed by atoms with E-state index in [4.69, 9.17) is 0 Å². The average molecular weight is 240 g/mol. The lowest BCUT2D eigenvalue weighted by atomic mass is 10.1. The van der Waals surface area contributed by atoms with Gasteiger partial charge in [0.2, 0.25) is 0 Å². The fourth-order valence-electron chi connectivity index (χ4n) is 3.27. The fourth-order valence-corrected chi connectivity index (χ4v) is 3.27. The molecule has 0 heterocycles. The molecule has 1 aromatic carbocycles. The first-order valence-electron chi connectivity index (χ1n) is 7.07. The number of hydrogen-bond acceptors (Lipinski definition) is 1. The highest BCUT2D eigenvalue weighted by molar-refractivity contribution is 5.83. The minimum atomic E-state index is 0.485. The minimum Gasteiger partial charge on any atom is -0.300 e. The van der Waals surface area contributed by atoms with Crippen LogP contribution in [-0.2, 0) is 11.2 Å². The molecule has 2 aliphatic carbocycles. The van der Waals surface area contributed by atoms with Gasteiger partial charge in [0.15, 0.2) is 0 Å². The Morgan fingerprint density at radius 2 is 1.83 bits per heavy atom. The van der Waals surface area contributed by atoms with Gasteiger partial charge < -0.3 is 0 Å². The summed E-state index contributed by atoms with van der Waals surface area (Å²) in [5.74, 6) is 2.64. The molecule has 0 N–H and O–H groups in total. The van der Waals surface area contributed by atoms with Crippen molar-refractivity contribution in [1.82, 2.24) is 0 Å². The molecule has 3 rings (SSSR count). The molecule has 1 aromatic rings. The highest BCUT2D eigenvalue weighted by Crippen LogP contribution is 2.56. The molecule has 2 aliphatic rings. The number of carbonyl (C=O) groups excluding carboxylic acids is 1. The number of hydrogen-bond donors (Lipinski definition) is 0. The maximum absolute atomic E-state index is 11.1. The van der Waals surface area contributed by atoms with Gasteiger partial charge in [-0.15, -0.1) is 0 Å². The second-order valence-corrected chi connectivity index (χ2v) is 5.66. The molecule has 2 unspecified atom stereocenters. The first kappa shape index (κ1) is 11.7. The number of allylic oxidation sites excluding steroid dienone is 2. The average Bonchev–Trinajstić information content (AvgIpc) is 2.85. The Morgan fingerprint density at radius 1 is 1.11 bits per heavy atom. The van der Waals surface area contributed by atoms with Gasteiger partial charge in [-0.3, -0.25) is 4.79 Å². The number of aryl methyl sites for hydroxylation is 1. The van der Waals surface area contributed by atoms with Crippen LogP contribution >= 0.6 is 0 Å². The van der Waals surface area contributed by atoms with Gasteiger partial charge in [-0.2, -0.15) is 0 Å². The van der Waals surface area contributed by atoms with Crippen LogP contribution in [-0.4, -0.2) is 5.78 Å². The van der Waals surface area contributed by atoms with E-state index in [0.29, 0.717) is 17.6 Å². The molecule has 0 saturated heterocycles. The van der Waals surface area contributed by atoms with E-state index in [1.54, 1.807) is 0 Å². The maximum Gasteiger partial charge on any atom is 0.133 e. The molecule has 2 fully saturated rings. The lowest BCUT2D eigenvalue weighted by Gasteiger charge is -1.98. The van der Waals surface area contributed by atoms with E-state index in [1.807, 2.05) is 0 Å². The van der Waals surface area contributed by atoms with Gasteiger partial charge in [0.1, 0.15) is 5.78 Å². The van der Waals surface area contributed by atoms with Crippen molar-refractivity contribution < 1.29 is 4.79 Å². The molecule has 0 aliphatic heterocycles. The second-order valence-electron chi connectivity index (χ2n) is 5.66. The Kier molecular flexibility index (Phi) is 3.31. The molecule has 1 heteroatoms. The van der Waals surface area contributed by atoms with Gasteiger partial charge in [0, 0.05) is 12.8 Å². The summed E-state index contributed by atoms with van der Waals surface area (Å²) in [7, 11) is 0. The number of carbonyl (C=O) groups is 1. The number of ketones is 1. The highest BCUT2D eigenvalue weighted by Gasteiger charge is 2.54. The minimum absolute atomic E-state index is 0.485. The van der Waals surface area contributed by atoms with Crippen molar-refractivity contribution in [1.29, 1.82) is 0 Å². The Labute approximate surface area is 109 Å². The van der Waals surface area contributed by atoms with Gasteiger partial charge in [-0.05, 0) is 42.6 Å². The van der Waals surface area contributed by atoms with Crippen LogP contribution in [0.25, 0.3) is 0 Å². The summed E-state index contributed by atoms with van der Waals surface area (Å²) in [4.78, 5) is 11.1. The van der Waals surface area contributed by atoms with E-state index in [0.717, 1.165) is 18.8 Å². The predicted octanol–water partition coefficient (Wildman–Crippen LogP) is 3.79. The van der Waals surface area contributed by atoms with Crippen LogP contribution in [0.1, 0.15) is 31.2 Å². The molecule has 94 valence electrons. The number of benzene rings is 1. The van der Waals surface area contributed by atoms with E-state index in [2.05, 4.69) is 42.5 Å². The topological polar surface area (TPSA) is 17.1 Å². The van der Waals surface area contributed by atoms with Crippen LogP contribution in [0.15, 0.2) is 42.5 Å². The Morgan fingerprint density at radius 3 is 2.56 bits per heavy atom. The third-order valence-electron chi connectivity index (χ3n) is 4.36. The van der Waals surface area contributed by atoms with Gasteiger partial charge in [-0.25, -0.2) is 0 Å². The first-order valence-corrected chi connectivity index (χ1v) is 7.07. The smallest absolute Gasteiger partial charge is 0.133 e. The molecule has 2 saturated carbocycles. The Balaban J connectivity index is 1.35. The van der Waals surface area contributed by atoms with Gasteiger partial charge in [-0.1, -0.05) is 42.5 Å². The van der Waals surface area contributed by atoms with Crippen LogP contribution in [0.5, 0.6) is 0 Å². The van der Waals surface area contributed by atoms with Crippen LogP contribution in [0.4, 0.5) is 0 Å². The van der Waals surface area contributed by atoms with E-state index < -0.39 is 0 Å². The standard InChI is InChI=1S/C17H20O/c18-14-11-16-15(17(16)12-14)10-6-2-5-9-13-7-3-1-4-8-13/h1,3-4,6-8,10,15-17H,2,5,9,11-12H2/b10-6+. The zero-order chi connectivity index (χ0) is 12.4. The fraction of sp³-hybridized carbons (Fsp3) is 0.471. The number of Topliss-reactive ketones (excluding diaryl/α,β-unsaturated/α-hetero) is 1. The van der Waals surface area contributed by atoms with Crippen molar-refractivity contribution in [2.24, 2.45) is 17.8 Å². The van der Waals surface area contributed by atoms with Crippen molar-refractivity contribution in [3.8, 4) is 0 Å². The lowest BCUT2D eigenvalue weighted by Crippen LogP contribution is -1.95. The summed E-state index contributed by atoms with van der Waals surface area (Å²) in [5.41, 5.74) is 1.43. The zero-order valence-electron chi connectivity index (χ0n) is 10.7. The summed E-state index contributed by atoms with van der Waals surface area (Å²) in [6.07, 6.45) is 9.96. The summed E-state index contributed by atoms with van der Waals surface area (Å²) < 4.78 is 0. The van der Waals surface area contributed by atoms with Gasteiger partial charge in [0.05, 0.1) is 0 Å². The van der Waals surface area contributed by atoms with E-state index in [9.17, 15) is 4.79 Å². The van der Waals surface area contributed by atoms with Crippen LogP contribution in [0.2, 0.25) is 0 Å². The molecule has 0 bridgehead atoms. The quantitative estimate of drug-likeness (QED) is 0.565. The SMILES string of the molecule is O=C1CC2C(/C=C/CCCc3ccccc3)C2C1. The van der Waals surface area contributed by atoms with Crippen molar-refractivity contribution in [3.63, 3.8) is 0 Å². The Bertz CT molecular complexity index is 432. The van der Waals surface area contributed by atoms with Gasteiger partial charge in [0.25, 0.3) is 0 Å². The van der Waals surface area contributed by atoms with Crippen molar-refractivity contribution in [2.45, 2.75) is 32.1 Å². The van der Waals surface area contributed by atoms with E-state index >= 15 is 0 Å². The molecule has 0 aromatic heterocycles. The highest BCUT2D eigenvalue weighted by atomic mass is 16.1.